The lowest BCUT2D eigenvalue weighted by molar-refractivity contribution is -0.139. The van der Waals surface area contributed by atoms with Crippen LogP contribution >= 0.6 is 0 Å². The lowest BCUT2D eigenvalue weighted by Crippen LogP contribution is -2.07. The minimum atomic E-state index is -0.763. The lowest BCUT2D eigenvalue weighted by atomic mass is 10.3. The predicted molar refractivity (Wildman–Crippen MR) is 46.6 cm³/mol. The molecule has 1 fully saturated rings. The summed E-state index contributed by atoms with van der Waals surface area (Å²) in [7, 11) is 0. The van der Waals surface area contributed by atoms with Crippen LogP contribution in [-0.2, 0) is 4.79 Å². The van der Waals surface area contributed by atoms with E-state index in [1.807, 2.05) is 30.3 Å². The van der Waals surface area contributed by atoms with E-state index >= 15 is 0 Å². The predicted octanol–water partition coefficient (Wildman–Crippen LogP) is 1.54. The largest absolute Gasteiger partial charge is 0.490 e. The molecule has 2 atom stereocenters. The molecule has 0 saturated heterocycles. The fraction of sp³-hybridized carbons (Fsp3) is 0.300. The monoisotopic (exact) mass is 178 g/mol. The molecule has 0 radical (unpaired) electrons. The number of carbonyl (C=O) groups is 1. The van der Waals surface area contributed by atoms with E-state index in [0.717, 1.165) is 5.75 Å². The SMILES string of the molecule is O=C(O)[C@@H]1C[C@H]1Oc1ccccc1. The summed E-state index contributed by atoms with van der Waals surface area (Å²) in [5.74, 6) is -0.322. The molecule has 1 aliphatic rings. The summed E-state index contributed by atoms with van der Waals surface area (Å²) >= 11 is 0. The maximum absolute atomic E-state index is 10.5. The smallest absolute Gasteiger partial charge is 0.310 e. The van der Waals surface area contributed by atoms with E-state index in [-0.39, 0.29) is 12.0 Å². The Kier molecular flexibility index (Phi) is 1.93. The molecule has 1 N–H and O–H groups in total. The molecule has 13 heavy (non-hydrogen) atoms. The summed E-state index contributed by atoms with van der Waals surface area (Å²) in [6.07, 6.45) is 0.504. The van der Waals surface area contributed by atoms with Gasteiger partial charge < -0.3 is 9.84 Å². The number of para-hydroxylation sites is 1. The van der Waals surface area contributed by atoms with Crippen molar-refractivity contribution in [1.82, 2.24) is 0 Å². The van der Waals surface area contributed by atoms with Crippen LogP contribution in [0.4, 0.5) is 0 Å². The van der Waals surface area contributed by atoms with Crippen molar-refractivity contribution < 1.29 is 14.6 Å². The van der Waals surface area contributed by atoms with Crippen LogP contribution < -0.4 is 4.74 Å². The maximum Gasteiger partial charge on any atom is 0.310 e. The van der Waals surface area contributed by atoms with E-state index in [1.54, 1.807) is 0 Å². The van der Waals surface area contributed by atoms with Gasteiger partial charge in [0.05, 0.1) is 5.92 Å². The summed E-state index contributed by atoms with van der Waals surface area (Å²) in [6, 6.07) is 9.30. The Labute approximate surface area is 76.0 Å². The Bertz CT molecular complexity index is 307. The van der Waals surface area contributed by atoms with Gasteiger partial charge in [0, 0.05) is 6.42 Å². The van der Waals surface area contributed by atoms with Gasteiger partial charge in [0.25, 0.3) is 0 Å². The zero-order chi connectivity index (χ0) is 9.26. The maximum atomic E-state index is 10.5. The lowest BCUT2D eigenvalue weighted by Gasteiger charge is -2.02. The van der Waals surface area contributed by atoms with Gasteiger partial charge in [-0.3, -0.25) is 4.79 Å². The van der Waals surface area contributed by atoms with Crippen molar-refractivity contribution in [2.75, 3.05) is 0 Å². The number of benzene rings is 1. The highest BCUT2D eigenvalue weighted by atomic mass is 16.5. The summed E-state index contributed by atoms with van der Waals surface area (Å²) in [4.78, 5) is 10.5. The molecule has 0 spiro atoms. The first-order chi connectivity index (χ1) is 6.27. The van der Waals surface area contributed by atoms with Crippen molar-refractivity contribution in [2.45, 2.75) is 12.5 Å². The Morgan fingerprint density at radius 1 is 1.38 bits per heavy atom. The number of hydrogen-bond acceptors (Lipinski definition) is 2. The van der Waals surface area contributed by atoms with E-state index in [4.69, 9.17) is 9.84 Å². The van der Waals surface area contributed by atoms with Crippen molar-refractivity contribution in [3.05, 3.63) is 30.3 Å². The number of hydrogen-bond donors (Lipinski definition) is 1. The highest BCUT2D eigenvalue weighted by Gasteiger charge is 2.45. The molecule has 1 aromatic carbocycles. The second-order valence-corrected chi connectivity index (χ2v) is 3.15. The topological polar surface area (TPSA) is 46.5 Å². The van der Waals surface area contributed by atoms with Gasteiger partial charge in [-0.2, -0.15) is 0 Å². The molecule has 3 heteroatoms. The molecule has 0 aliphatic heterocycles. The standard InChI is InChI=1S/C10H10O3/c11-10(12)8-6-9(8)13-7-4-2-1-3-5-7/h1-5,8-9H,6H2,(H,11,12)/t8-,9-/m1/s1. The average Bonchev–Trinajstić information content (AvgIpc) is 2.86. The number of aliphatic carboxylic acids is 1. The highest BCUT2D eigenvalue weighted by Crippen LogP contribution is 2.34. The highest BCUT2D eigenvalue weighted by molar-refractivity contribution is 5.74. The van der Waals surface area contributed by atoms with Gasteiger partial charge in [-0.1, -0.05) is 18.2 Å². The first-order valence-corrected chi connectivity index (χ1v) is 4.22. The normalized spacial score (nSPS) is 25.2. The molecular formula is C10H10O3. The molecule has 68 valence electrons. The van der Waals surface area contributed by atoms with Gasteiger partial charge in [-0.15, -0.1) is 0 Å². The minimum Gasteiger partial charge on any atom is -0.490 e. The average molecular weight is 178 g/mol. The van der Waals surface area contributed by atoms with Crippen LogP contribution in [0.3, 0.4) is 0 Å². The van der Waals surface area contributed by atoms with E-state index in [2.05, 4.69) is 0 Å². The van der Waals surface area contributed by atoms with Crippen molar-refractivity contribution in [1.29, 1.82) is 0 Å². The first kappa shape index (κ1) is 8.10. The summed E-state index contributed by atoms with van der Waals surface area (Å²) < 4.78 is 5.42. The third-order valence-electron chi connectivity index (χ3n) is 2.08. The molecule has 0 unspecified atom stereocenters. The molecule has 0 aromatic heterocycles. The molecule has 3 nitrogen and oxygen atoms in total. The van der Waals surface area contributed by atoms with Crippen LogP contribution in [0.25, 0.3) is 0 Å². The van der Waals surface area contributed by atoms with Crippen LogP contribution in [0, 0.1) is 5.92 Å². The number of ether oxygens (including phenoxy) is 1. The van der Waals surface area contributed by atoms with Crippen molar-refractivity contribution >= 4 is 5.97 Å². The third kappa shape index (κ3) is 1.80. The molecule has 0 heterocycles. The van der Waals surface area contributed by atoms with Crippen molar-refractivity contribution in [3.63, 3.8) is 0 Å². The van der Waals surface area contributed by atoms with Gasteiger partial charge >= 0.3 is 5.97 Å². The van der Waals surface area contributed by atoms with Crippen LogP contribution in [0.15, 0.2) is 30.3 Å². The Balaban J connectivity index is 1.92. The Hall–Kier alpha value is -1.51. The number of carboxylic acids is 1. The van der Waals surface area contributed by atoms with Gasteiger partial charge in [-0.05, 0) is 12.1 Å². The Morgan fingerprint density at radius 2 is 2.08 bits per heavy atom. The minimum absolute atomic E-state index is 0.125. The second kappa shape index (κ2) is 3.09. The number of rotatable bonds is 3. The van der Waals surface area contributed by atoms with Crippen molar-refractivity contribution in [2.24, 2.45) is 5.92 Å². The zero-order valence-electron chi connectivity index (χ0n) is 7.01. The van der Waals surface area contributed by atoms with Gasteiger partial charge in [-0.25, -0.2) is 0 Å². The van der Waals surface area contributed by atoms with E-state index in [9.17, 15) is 4.79 Å². The molecule has 0 amide bonds. The first-order valence-electron chi connectivity index (χ1n) is 4.22. The van der Waals surface area contributed by atoms with Crippen molar-refractivity contribution in [3.8, 4) is 5.75 Å². The van der Waals surface area contributed by atoms with Crippen LogP contribution in [0.5, 0.6) is 5.75 Å². The molecule has 1 aliphatic carbocycles. The molecule has 0 bridgehead atoms. The van der Waals surface area contributed by atoms with E-state index < -0.39 is 5.97 Å². The van der Waals surface area contributed by atoms with Gasteiger partial charge in [0.2, 0.25) is 0 Å². The quantitative estimate of drug-likeness (QED) is 0.763. The van der Waals surface area contributed by atoms with Gasteiger partial charge in [0.1, 0.15) is 11.9 Å². The molecular weight excluding hydrogens is 168 g/mol. The summed E-state index contributed by atoms with van der Waals surface area (Å²) in [5, 5.41) is 8.62. The molecule has 1 saturated carbocycles. The van der Waals surface area contributed by atoms with Crippen LogP contribution in [0.1, 0.15) is 6.42 Å². The summed E-state index contributed by atoms with van der Waals surface area (Å²) in [6.45, 7) is 0. The van der Waals surface area contributed by atoms with Crippen LogP contribution in [-0.4, -0.2) is 17.2 Å². The van der Waals surface area contributed by atoms with Crippen LogP contribution in [0.2, 0.25) is 0 Å². The molecule has 2 rings (SSSR count). The fourth-order valence-corrected chi connectivity index (χ4v) is 1.24. The number of carboxylic acid groups (broad SMARTS) is 1. The summed E-state index contributed by atoms with van der Waals surface area (Å²) in [5.41, 5.74) is 0. The van der Waals surface area contributed by atoms with E-state index in [0.29, 0.717) is 6.42 Å². The third-order valence-corrected chi connectivity index (χ3v) is 2.08. The zero-order valence-corrected chi connectivity index (χ0v) is 7.01. The second-order valence-electron chi connectivity index (χ2n) is 3.15. The molecule has 1 aromatic rings. The van der Waals surface area contributed by atoms with Gasteiger partial charge in [0.15, 0.2) is 0 Å². The fourth-order valence-electron chi connectivity index (χ4n) is 1.24. The van der Waals surface area contributed by atoms with E-state index in [1.165, 1.54) is 0 Å². The Morgan fingerprint density at radius 3 is 2.62 bits per heavy atom.